The van der Waals surface area contributed by atoms with Gasteiger partial charge in [-0.25, -0.2) is 0 Å². The molecule has 3 atom stereocenters. The molecule has 0 bridgehead atoms. The number of fused-ring (bicyclic) bond motifs is 1. The van der Waals surface area contributed by atoms with Gasteiger partial charge in [-0.05, 0) is 65.2 Å². The SMILES string of the molecule is C[C@H](O)c1ccc(N2CCC3CCCCC3C2)c(Br)c1. The van der Waals surface area contributed by atoms with E-state index in [1.54, 1.807) is 0 Å². The molecule has 0 radical (unpaired) electrons. The lowest BCUT2D eigenvalue weighted by Crippen LogP contribution is -2.42. The van der Waals surface area contributed by atoms with Gasteiger partial charge in [0.05, 0.1) is 11.8 Å². The molecule has 3 rings (SSSR count). The van der Waals surface area contributed by atoms with Crippen molar-refractivity contribution in [3.63, 3.8) is 0 Å². The maximum atomic E-state index is 9.67. The topological polar surface area (TPSA) is 23.5 Å². The third-order valence-electron chi connectivity index (χ3n) is 5.09. The van der Waals surface area contributed by atoms with Crippen LogP contribution in [0.4, 0.5) is 5.69 Å². The van der Waals surface area contributed by atoms with E-state index < -0.39 is 6.10 Å². The van der Waals surface area contributed by atoms with Gasteiger partial charge in [-0.2, -0.15) is 0 Å². The largest absolute Gasteiger partial charge is 0.389 e. The highest BCUT2D eigenvalue weighted by Crippen LogP contribution is 2.39. The van der Waals surface area contributed by atoms with Crippen LogP contribution in [-0.4, -0.2) is 18.2 Å². The number of hydrogen-bond donors (Lipinski definition) is 1. The summed E-state index contributed by atoms with van der Waals surface area (Å²) in [5.41, 5.74) is 2.27. The van der Waals surface area contributed by atoms with Crippen molar-refractivity contribution in [3.8, 4) is 0 Å². The Labute approximate surface area is 130 Å². The third-order valence-corrected chi connectivity index (χ3v) is 5.72. The summed E-state index contributed by atoms with van der Waals surface area (Å²) >= 11 is 3.69. The van der Waals surface area contributed by atoms with Gasteiger partial charge in [-0.15, -0.1) is 0 Å². The Kier molecular flexibility index (Phi) is 4.37. The average molecular weight is 338 g/mol. The molecule has 1 N–H and O–H groups in total. The second kappa shape index (κ2) is 6.07. The number of halogens is 1. The van der Waals surface area contributed by atoms with Gasteiger partial charge in [-0.3, -0.25) is 0 Å². The molecule has 0 spiro atoms. The zero-order valence-electron chi connectivity index (χ0n) is 12.2. The summed E-state index contributed by atoms with van der Waals surface area (Å²) in [4.78, 5) is 2.53. The highest BCUT2D eigenvalue weighted by Gasteiger charge is 2.31. The zero-order valence-corrected chi connectivity index (χ0v) is 13.8. The van der Waals surface area contributed by atoms with Gasteiger partial charge in [0.25, 0.3) is 0 Å². The van der Waals surface area contributed by atoms with Crippen LogP contribution >= 0.6 is 15.9 Å². The molecule has 1 aliphatic heterocycles. The fourth-order valence-corrected chi connectivity index (χ4v) is 4.51. The molecule has 1 aliphatic carbocycles. The van der Waals surface area contributed by atoms with Crippen molar-refractivity contribution in [1.29, 1.82) is 0 Å². The lowest BCUT2D eigenvalue weighted by Gasteiger charge is -2.42. The molecule has 2 unspecified atom stereocenters. The molecule has 3 heteroatoms. The monoisotopic (exact) mass is 337 g/mol. The number of nitrogens with zero attached hydrogens (tertiary/aromatic N) is 1. The molecule has 20 heavy (non-hydrogen) atoms. The smallest absolute Gasteiger partial charge is 0.0762 e. The van der Waals surface area contributed by atoms with Crippen LogP contribution in [0, 0.1) is 11.8 Å². The number of aliphatic hydroxyl groups is 1. The highest BCUT2D eigenvalue weighted by atomic mass is 79.9. The van der Waals surface area contributed by atoms with Crippen molar-refractivity contribution < 1.29 is 5.11 Å². The van der Waals surface area contributed by atoms with E-state index in [0.717, 1.165) is 21.9 Å². The summed E-state index contributed by atoms with van der Waals surface area (Å²) in [6, 6.07) is 6.28. The van der Waals surface area contributed by atoms with Crippen LogP contribution in [0.5, 0.6) is 0 Å². The van der Waals surface area contributed by atoms with E-state index in [1.807, 2.05) is 6.92 Å². The second-order valence-corrected chi connectivity index (χ2v) is 7.28. The Morgan fingerprint density at radius 1 is 1.20 bits per heavy atom. The molecule has 1 saturated heterocycles. The Morgan fingerprint density at radius 3 is 2.65 bits per heavy atom. The Morgan fingerprint density at radius 2 is 1.95 bits per heavy atom. The number of hydrogen-bond acceptors (Lipinski definition) is 2. The average Bonchev–Trinajstić information content (AvgIpc) is 2.46. The first-order valence-corrected chi connectivity index (χ1v) is 8.67. The quantitative estimate of drug-likeness (QED) is 0.857. The molecule has 110 valence electrons. The molecule has 2 nitrogen and oxygen atoms in total. The van der Waals surface area contributed by atoms with E-state index in [0.29, 0.717) is 0 Å². The van der Waals surface area contributed by atoms with E-state index in [9.17, 15) is 5.11 Å². The van der Waals surface area contributed by atoms with Gasteiger partial charge in [0.15, 0.2) is 0 Å². The summed E-state index contributed by atoms with van der Waals surface area (Å²) in [6.45, 7) is 4.19. The number of anilines is 1. The number of benzene rings is 1. The van der Waals surface area contributed by atoms with Crippen molar-refractivity contribution in [1.82, 2.24) is 0 Å². The van der Waals surface area contributed by atoms with Crippen LogP contribution in [0.3, 0.4) is 0 Å². The molecular formula is C17H24BrNO. The van der Waals surface area contributed by atoms with E-state index in [2.05, 4.69) is 39.0 Å². The normalized spacial score (nSPS) is 28.1. The number of piperidine rings is 1. The summed E-state index contributed by atoms with van der Waals surface area (Å²) < 4.78 is 1.12. The van der Waals surface area contributed by atoms with Crippen LogP contribution in [-0.2, 0) is 0 Å². The van der Waals surface area contributed by atoms with Gasteiger partial charge in [-0.1, -0.05) is 25.3 Å². The Hall–Kier alpha value is -0.540. The number of rotatable bonds is 2. The molecular weight excluding hydrogens is 314 g/mol. The molecule has 0 aromatic heterocycles. The van der Waals surface area contributed by atoms with E-state index >= 15 is 0 Å². The predicted molar refractivity (Wildman–Crippen MR) is 87.1 cm³/mol. The predicted octanol–water partition coefficient (Wildman–Crippen LogP) is 4.52. The first-order valence-electron chi connectivity index (χ1n) is 7.87. The first kappa shape index (κ1) is 14.4. The van der Waals surface area contributed by atoms with Crippen molar-refractivity contribution in [2.75, 3.05) is 18.0 Å². The highest BCUT2D eigenvalue weighted by molar-refractivity contribution is 9.10. The Bertz CT molecular complexity index is 474. The summed E-state index contributed by atoms with van der Waals surface area (Å²) in [7, 11) is 0. The lowest BCUT2D eigenvalue weighted by molar-refractivity contribution is 0.199. The second-order valence-electron chi connectivity index (χ2n) is 6.43. The molecule has 0 amide bonds. The maximum absolute atomic E-state index is 9.67. The molecule has 1 aromatic carbocycles. The van der Waals surface area contributed by atoms with E-state index in [1.165, 1.54) is 50.9 Å². The van der Waals surface area contributed by atoms with Gasteiger partial charge >= 0.3 is 0 Å². The van der Waals surface area contributed by atoms with Gasteiger partial charge in [0.2, 0.25) is 0 Å². The van der Waals surface area contributed by atoms with Crippen LogP contribution < -0.4 is 4.90 Å². The van der Waals surface area contributed by atoms with Crippen molar-refractivity contribution in [3.05, 3.63) is 28.2 Å². The van der Waals surface area contributed by atoms with Crippen molar-refractivity contribution in [2.24, 2.45) is 11.8 Å². The molecule has 2 fully saturated rings. The van der Waals surface area contributed by atoms with Crippen molar-refractivity contribution in [2.45, 2.75) is 45.1 Å². The molecule has 2 aliphatic rings. The minimum Gasteiger partial charge on any atom is -0.389 e. The van der Waals surface area contributed by atoms with Gasteiger partial charge < -0.3 is 10.0 Å². The molecule has 1 saturated carbocycles. The zero-order chi connectivity index (χ0) is 14.1. The van der Waals surface area contributed by atoms with Crippen molar-refractivity contribution >= 4 is 21.6 Å². The van der Waals surface area contributed by atoms with Gasteiger partial charge in [0, 0.05) is 17.6 Å². The fraction of sp³-hybridized carbons (Fsp3) is 0.647. The molecule has 1 heterocycles. The fourth-order valence-electron chi connectivity index (χ4n) is 3.86. The van der Waals surface area contributed by atoms with Crippen LogP contribution in [0.1, 0.15) is 50.7 Å². The summed E-state index contributed by atoms with van der Waals surface area (Å²) in [6.07, 6.45) is 6.65. The van der Waals surface area contributed by atoms with Crippen LogP contribution in [0.2, 0.25) is 0 Å². The van der Waals surface area contributed by atoms with E-state index in [4.69, 9.17) is 0 Å². The van der Waals surface area contributed by atoms with Crippen LogP contribution in [0.25, 0.3) is 0 Å². The van der Waals surface area contributed by atoms with Gasteiger partial charge in [0.1, 0.15) is 0 Å². The van der Waals surface area contributed by atoms with E-state index in [-0.39, 0.29) is 0 Å². The minimum absolute atomic E-state index is 0.399. The lowest BCUT2D eigenvalue weighted by atomic mass is 9.75. The Balaban J connectivity index is 1.76. The first-order chi connectivity index (χ1) is 9.65. The standard InChI is InChI=1S/C17H24BrNO/c1-12(20)14-6-7-17(16(18)10-14)19-9-8-13-4-2-3-5-15(13)11-19/h6-7,10,12-13,15,20H,2-5,8-9,11H2,1H3/t12-,13?,15?/m0/s1. The minimum atomic E-state index is -0.399. The third kappa shape index (κ3) is 2.89. The van der Waals surface area contributed by atoms with Crippen LogP contribution in [0.15, 0.2) is 22.7 Å². The molecule has 1 aromatic rings. The number of aliphatic hydroxyl groups excluding tert-OH is 1. The maximum Gasteiger partial charge on any atom is 0.0762 e. The summed E-state index contributed by atoms with van der Waals surface area (Å²) in [5, 5.41) is 9.67. The summed E-state index contributed by atoms with van der Waals surface area (Å²) in [5.74, 6) is 1.86.